The highest BCUT2D eigenvalue weighted by molar-refractivity contribution is 7.99. The number of nitrogens with one attached hydrogen (secondary N) is 1. The summed E-state index contributed by atoms with van der Waals surface area (Å²) in [6, 6.07) is 0.732. The van der Waals surface area contributed by atoms with Crippen LogP contribution in [0.1, 0.15) is 6.42 Å². The molecule has 1 atom stereocenters. The second kappa shape index (κ2) is 6.92. The molecule has 1 aromatic rings. The van der Waals surface area contributed by atoms with Crippen LogP contribution in [0.25, 0.3) is 0 Å². The maximum atomic E-state index is 4.40. The molecule has 0 aliphatic carbocycles. The molecule has 2 fully saturated rings. The Morgan fingerprint density at radius 2 is 2.21 bits per heavy atom. The number of rotatable bonds is 4. The summed E-state index contributed by atoms with van der Waals surface area (Å²) in [7, 11) is 0. The Bertz CT molecular complexity index is 357. The second-order valence-corrected chi connectivity index (χ2v) is 7.18. The summed E-state index contributed by atoms with van der Waals surface area (Å²) in [6.07, 6.45) is 3.20. The van der Waals surface area contributed by atoms with E-state index >= 15 is 0 Å². The van der Waals surface area contributed by atoms with Crippen molar-refractivity contribution in [3.8, 4) is 0 Å². The smallest absolute Gasteiger partial charge is 0.185 e. The summed E-state index contributed by atoms with van der Waals surface area (Å²) < 4.78 is 0. The molecule has 0 bridgehead atoms. The second-order valence-electron chi connectivity index (χ2n) is 5.16. The summed E-state index contributed by atoms with van der Waals surface area (Å²) in [5.74, 6) is 2.57. The molecule has 1 unspecified atom stereocenters. The van der Waals surface area contributed by atoms with Crippen LogP contribution in [0.15, 0.2) is 11.6 Å². The number of thiazole rings is 1. The van der Waals surface area contributed by atoms with Gasteiger partial charge in [0, 0.05) is 61.8 Å². The summed E-state index contributed by atoms with van der Waals surface area (Å²) in [4.78, 5) is 9.41. The fourth-order valence-electron chi connectivity index (χ4n) is 2.68. The first kappa shape index (κ1) is 13.7. The van der Waals surface area contributed by atoms with Gasteiger partial charge in [0.05, 0.1) is 0 Å². The highest BCUT2D eigenvalue weighted by Crippen LogP contribution is 2.19. The first-order valence-corrected chi connectivity index (χ1v) is 9.13. The molecule has 3 heterocycles. The maximum absolute atomic E-state index is 4.40. The van der Waals surface area contributed by atoms with Crippen molar-refractivity contribution in [2.24, 2.45) is 0 Å². The Morgan fingerprint density at radius 3 is 2.89 bits per heavy atom. The maximum Gasteiger partial charge on any atom is 0.185 e. The van der Waals surface area contributed by atoms with Crippen LogP contribution >= 0.6 is 23.1 Å². The third-order valence-corrected chi connectivity index (χ3v) is 5.82. The van der Waals surface area contributed by atoms with Crippen LogP contribution in [0.3, 0.4) is 0 Å². The summed E-state index contributed by atoms with van der Waals surface area (Å²) >= 11 is 3.84. The van der Waals surface area contributed by atoms with E-state index in [0.717, 1.165) is 19.1 Å². The van der Waals surface area contributed by atoms with Gasteiger partial charge >= 0.3 is 0 Å². The summed E-state index contributed by atoms with van der Waals surface area (Å²) in [5, 5.41) is 6.87. The molecule has 19 heavy (non-hydrogen) atoms. The highest BCUT2D eigenvalue weighted by atomic mass is 32.2. The van der Waals surface area contributed by atoms with E-state index in [0.29, 0.717) is 0 Å². The summed E-state index contributed by atoms with van der Waals surface area (Å²) in [6.45, 7) is 7.04. The fraction of sp³-hybridized carbons (Fsp3) is 0.769. The van der Waals surface area contributed by atoms with E-state index in [2.05, 4.69) is 37.2 Å². The van der Waals surface area contributed by atoms with Crippen LogP contribution in [0.5, 0.6) is 0 Å². The van der Waals surface area contributed by atoms with Gasteiger partial charge in [-0.1, -0.05) is 0 Å². The SMILES string of the molecule is c1csc(N2CCN(CCC3CSCCN3)CC2)n1. The van der Waals surface area contributed by atoms with Crippen LogP contribution in [0.4, 0.5) is 5.13 Å². The van der Waals surface area contributed by atoms with Crippen LogP contribution in [-0.2, 0) is 0 Å². The Labute approximate surface area is 123 Å². The van der Waals surface area contributed by atoms with Crippen LogP contribution in [-0.4, -0.2) is 66.7 Å². The molecule has 2 aliphatic heterocycles. The lowest BCUT2D eigenvalue weighted by molar-refractivity contribution is 0.245. The number of aromatic nitrogens is 1. The molecule has 6 heteroatoms. The van der Waals surface area contributed by atoms with E-state index < -0.39 is 0 Å². The van der Waals surface area contributed by atoms with Crippen molar-refractivity contribution in [2.45, 2.75) is 12.5 Å². The lowest BCUT2D eigenvalue weighted by Gasteiger charge is -2.35. The van der Waals surface area contributed by atoms with E-state index in [1.807, 2.05) is 6.20 Å². The predicted octanol–water partition coefficient (Wildman–Crippen LogP) is 1.36. The Morgan fingerprint density at radius 1 is 1.32 bits per heavy atom. The van der Waals surface area contributed by atoms with Crippen molar-refractivity contribution in [3.05, 3.63) is 11.6 Å². The number of hydrogen-bond acceptors (Lipinski definition) is 6. The van der Waals surface area contributed by atoms with Gasteiger partial charge in [-0.3, -0.25) is 4.90 Å². The molecule has 2 saturated heterocycles. The largest absolute Gasteiger partial charge is 0.346 e. The van der Waals surface area contributed by atoms with Crippen LogP contribution in [0, 0.1) is 0 Å². The molecule has 1 N–H and O–H groups in total. The molecule has 4 nitrogen and oxygen atoms in total. The van der Waals surface area contributed by atoms with Gasteiger partial charge in [-0.05, 0) is 13.0 Å². The lowest BCUT2D eigenvalue weighted by atomic mass is 10.2. The van der Waals surface area contributed by atoms with Gasteiger partial charge in [0.2, 0.25) is 0 Å². The molecule has 0 saturated carbocycles. The van der Waals surface area contributed by atoms with E-state index in [1.54, 1.807) is 11.3 Å². The molecule has 106 valence electrons. The average molecular weight is 298 g/mol. The predicted molar refractivity (Wildman–Crippen MR) is 84.5 cm³/mol. The molecule has 0 radical (unpaired) electrons. The van der Waals surface area contributed by atoms with E-state index in [1.165, 1.54) is 49.2 Å². The number of piperazine rings is 1. The van der Waals surface area contributed by atoms with Crippen molar-refractivity contribution in [3.63, 3.8) is 0 Å². The summed E-state index contributed by atoms with van der Waals surface area (Å²) in [5.41, 5.74) is 0. The molecule has 3 rings (SSSR count). The first-order chi connectivity index (χ1) is 9.42. The van der Waals surface area contributed by atoms with Gasteiger partial charge < -0.3 is 10.2 Å². The van der Waals surface area contributed by atoms with Crippen molar-refractivity contribution in [1.82, 2.24) is 15.2 Å². The van der Waals surface area contributed by atoms with Crippen molar-refractivity contribution < 1.29 is 0 Å². The van der Waals surface area contributed by atoms with Crippen LogP contribution in [0.2, 0.25) is 0 Å². The Balaban J connectivity index is 1.38. The molecule has 0 aromatic carbocycles. The molecule has 0 spiro atoms. The number of anilines is 1. The molecule has 0 amide bonds. The molecule has 2 aliphatic rings. The third-order valence-electron chi connectivity index (χ3n) is 3.85. The van der Waals surface area contributed by atoms with Gasteiger partial charge in [-0.25, -0.2) is 4.98 Å². The number of nitrogens with zero attached hydrogens (tertiary/aromatic N) is 3. The minimum Gasteiger partial charge on any atom is -0.346 e. The van der Waals surface area contributed by atoms with Crippen molar-refractivity contribution >= 4 is 28.2 Å². The molecular weight excluding hydrogens is 276 g/mol. The Kier molecular flexibility index (Phi) is 4.98. The van der Waals surface area contributed by atoms with Gasteiger partial charge in [0.25, 0.3) is 0 Å². The minimum atomic E-state index is 0.732. The Hall–Kier alpha value is -0.300. The van der Waals surface area contributed by atoms with Gasteiger partial charge in [-0.15, -0.1) is 11.3 Å². The highest BCUT2D eigenvalue weighted by Gasteiger charge is 2.20. The van der Waals surface area contributed by atoms with E-state index in [4.69, 9.17) is 0 Å². The number of thioether (sulfide) groups is 1. The fourth-order valence-corrected chi connectivity index (χ4v) is 4.37. The monoisotopic (exact) mass is 298 g/mol. The zero-order chi connectivity index (χ0) is 12.9. The van der Waals surface area contributed by atoms with Crippen molar-refractivity contribution in [2.75, 3.05) is 55.7 Å². The zero-order valence-corrected chi connectivity index (χ0v) is 12.9. The molecule has 1 aromatic heterocycles. The molecular formula is C13H22N4S2. The first-order valence-electron chi connectivity index (χ1n) is 7.10. The standard InChI is InChI=1S/C13H22N4S2/c1(12-11-18-9-2-14-12)4-16-5-7-17(8-6-16)13-15-3-10-19-13/h3,10,12,14H,1-2,4-9,11H2. The van der Waals surface area contributed by atoms with Gasteiger partial charge in [-0.2, -0.15) is 11.8 Å². The topological polar surface area (TPSA) is 31.4 Å². The van der Waals surface area contributed by atoms with Crippen molar-refractivity contribution in [1.29, 1.82) is 0 Å². The lowest BCUT2D eigenvalue weighted by Crippen LogP contribution is -2.48. The van der Waals surface area contributed by atoms with E-state index in [9.17, 15) is 0 Å². The average Bonchev–Trinajstić information content (AvgIpc) is 3.01. The normalized spacial score (nSPS) is 25.7. The zero-order valence-electron chi connectivity index (χ0n) is 11.3. The quantitative estimate of drug-likeness (QED) is 0.907. The minimum absolute atomic E-state index is 0.732. The van der Waals surface area contributed by atoms with Crippen LogP contribution < -0.4 is 10.2 Å². The third kappa shape index (κ3) is 3.84. The van der Waals surface area contributed by atoms with Gasteiger partial charge in [0.1, 0.15) is 0 Å². The van der Waals surface area contributed by atoms with Gasteiger partial charge in [0.15, 0.2) is 5.13 Å². The van der Waals surface area contributed by atoms with E-state index in [-0.39, 0.29) is 0 Å². The number of hydrogen-bond donors (Lipinski definition) is 1.